The van der Waals surface area contributed by atoms with Crippen molar-refractivity contribution in [2.75, 3.05) is 13.2 Å². The molecule has 1 unspecified atom stereocenters. The van der Waals surface area contributed by atoms with Crippen LogP contribution in [0, 0.1) is 0 Å². The Hall–Kier alpha value is -3.67. The zero-order valence-corrected chi connectivity index (χ0v) is 43.6. The van der Waals surface area contributed by atoms with Crippen molar-refractivity contribution < 1.29 is 28.6 Å². The highest BCUT2D eigenvalue weighted by atomic mass is 16.6. The fourth-order valence-corrected chi connectivity index (χ4v) is 7.51. The SMILES string of the molecule is CC/C=C\C/C=C\C/C=C\C/C=C\CCCCCCCCCCCCCCCCC(=O)OCC(COC(=O)CCCCCCCCCCC)OC(=O)CC/C=C\C/C=C\C/C=C\C/C=C\CC. The quantitative estimate of drug-likeness (QED) is 0.0262. The summed E-state index contributed by atoms with van der Waals surface area (Å²) in [5.74, 6) is -0.989. The van der Waals surface area contributed by atoms with Crippen molar-refractivity contribution in [2.24, 2.45) is 0 Å². The minimum Gasteiger partial charge on any atom is -0.462 e. The van der Waals surface area contributed by atoms with Crippen LogP contribution in [0.2, 0.25) is 0 Å². The van der Waals surface area contributed by atoms with Crippen LogP contribution in [0.4, 0.5) is 0 Å². The van der Waals surface area contributed by atoms with Crippen LogP contribution < -0.4 is 0 Å². The topological polar surface area (TPSA) is 78.9 Å². The molecule has 67 heavy (non-hydrogen) atoms. The van der Waals surface area contributed by atoms with Crippen molar-refractivity contribution in [3.05, 3.63) is 97.2 Å². The standard InChI is InChI=1S/C61H102O6/c1-4-7-10-13-16-19-21-23-24-25-26-27-28-29-30-31-32-33-34-35-36-38-39-42-45-48-51-54-60(63)66-57-58(56-65-59(62)53-50-47-44-41-18-15-12-9-6-3)67-61(64)55-52-49-46-43-40-37-22-20-17-14-11-8-5-2/h7-8,10-11,16-17,19-20,23-24,26-27,37,40,46,49,58H,4-6,9,12-15,18,21-22,25,28-36,38-39,41-45,47-48,50-57H2,1-3H3/b10-7-,11-8-,19-16-,20-17-,24-23-,27-26-,40-37-,49-46-. The lowest BCUT2D eigenvalue weighted by molar-refractivity contribution is -0.166. The molecule has 0 saturated heterocycles. The van der Waals surface area contributed by atoms with Gasteiger partial charge in [-0.05, 0) is 83.5 Å². The molecule has 1 atom stereocenters. The Morgan fingerprint density at radius 1 is 0.313 bits per heavy atom. The van der Waals surface area contributed by atoms with Crippen LogP contribution in [-0.2, 0) is 28.6 Å². The molecule has 6 heteroatoms. The molecule has 0 rings (SSSR count). The number of hydrogen-bond donors (Lipinski definition) is 0. The van der Waals surface area contributed by atoms with Crippen molar-refractivity contribution in [3.63, 3.8) is 0 Å². The highest BCUT2D eigenvalue weighted by Gasteiger charge is 2.19. The lowest BCUT2D eigenvalue weighted by Crippen LogP contribution is -2.30. The smallest absolute Gasteiger partial charge is 0.306 e. The fourth-order valence-electron chi connectivity index (χ4n) is 7.51. The van der Waals surface area contributed by atoms with Gasteiger partial charge in [0.2, 0.25) is 0 Å². The lowest BCUT2D eigenvalue weighted by atomic mass is 10.0. The highest BCUT2D eigenvalue weighted by Crippen LogP contribution is 2.15. The molecule has 0 bridgehead atoms. The normalized spacial score (nSPS) is 12.8. The van der Waals surface area contributed by atoms with Crippen LogP contribution in [0.1, 0.15) is 252 Å². The van der Waals surface area contributed by atoms with Crippen molar-refractivity contribution in [3.8, 4) is 0 Å². The van der Waals surface area contributed by atoms with Crippen LogP contribution in [0.25, 0.3) is 0 Å². The first kappa shape index (κ1) is 63.3. The summed E-state index contributed by atoms with van der Waals surface area (Å²) in [6, 6.07) is 0. The lowest BCUT2D eigenvalue weighted by Gasteiger charge is -2.18. The number of esters is 3. The Labute approximate surface area is 413 Å². The molecular formula is C61H102O6. The molecule has 0 saturated carbocycles. The van der Waals surface area contributed by atoms with Gasteiger partial charge in [-0.1, -0.05) is 246 Å². The average molecular weight is 931 g/mol. The summed E-state index contributed by atoms with van der Waals surface area (Å²) >= 11 is 0. The molecule has 0 aromatic heterocycles. The second-order valence-electron chi connectivity index (χ2n) is 18.1. The van der Waals surface area contributed by atoms with Gasteiger partial charge in [-0.15, -0.1) is 0 Å². The predicted molar refractivity (Wildman–Crippen MR) is 288 cm³/mol. The molecule has 0 spiro atoms. The third-order valence-corrected chi connectivity index (χ3v) is 11.6. The van der Waals surface area contributed by atoms with E-state index in [4.69, 9.17) is 14.2 Å². The van der Waals surface area contributed by atoms with Gasteiger partial charge >= 0.3 is 17.9 Å². The Kier molecular flexibility index (Phi) is 51.9. The molecule has 0 radical (unpaired) electrons. The Morgan fingerprint density at radius 3 is 0.970 bits per heavy atom. The van der Waals surface area contributed by atoms with E-state index >= 15 is 0 Å². The fraction of sp³-hybridized carbons (Fsp3) is 0.689. The predicted octanol–water partition coefficient (Wildman–Crippen LogP) is 18.5. The average Bonchev–Trinajstić information content (AvgIpc) is 3.33. The number of unbranched alkanes of at least 4 members (excludes halogenated alkanes) is 22. The summed E-state index contributed by atoms with van der Waals surface area (Å²) in [4.78, 5) is 37.9. The zero-order chi connectivity index (χ0) is 48.6. The van der Waals surface area contributed by atoms with E-state index in [9.17, 15) is 14.4 Å². The maximum atomic E-state index is 12.7. The van der Waals surface area contributed by atoms with E-state index in [2.05, 4.69) is 106 Å². The first-order chi connectivity index (χ1) is 33.0. The Bertz CT molecular complexity index is 1350. The molecule has 0 N–H and O–H groups in total. The molecule has 0 aliphatic carbocycles. The second kappa shape index (κ2) is 54.9. The summed E-state index contributed by atoms with van der Waals surface area (Å²) in [7, 11) is 0. The molecule has 0 aliphatic rings. The maximum absolute atomic E-state index is 12.7. The highest BCUT2D eigenvalue weighted by molar-refractivity contribution is 5.71. The molecule has 0 heterocycles. The molecule has 0 aromatic carbocycles. The van der Waals surface area contributed by atoms with E-state index < -0.39 is 12.1 Å². The molecule has 0 aromatic rings. The molecule has 382 valence electrons. The summed E-state index contributed by atoms with van der Waals surface area (Å²) in [5.41, 5.74) is 0. The number of carbonyl (C=O) groups is 3. The zero-order valence-electron chi connectivity index (χ0n) is 43.6. The third-order valence-electron chi connectivity index (χ3n) is 11.6. The Balaban J connectivity index is 4.21. The largest absolute Gasteiger partial charge is 0.462 e. The van der Waals surface area contributed by atoms with E-state index in [-0.39, 0.29) is 31.6 Å². The van der Waals surface area contributed by atoms with E-state index in [1.165, 1.54) is 116 Å². The van der Waals surface area contributed by atoms with Crippen molar-refractivity contribution in [2.45, 2.75) is 258 Å². The van der Waals surface area contributed by atoms with Crippen LogP contribution in [0.3, 0.4) is 0 Å². The van der Waals surface area contributed by atoms with Gasteiger partial charge in [0.05, 0.1) is 0 Å². The second-order valence-corrected chi connectivity index (χ2v) is 18.1. The monoisotopic (exact) mass is 931 g/mol. The molecular weight excluding hydrogens is 829 g/mol. The summed E-state index contributed by atoms with van der Waals surface area (Å²) < 4.78 is 16.7. The number of allylic oxidation sites excluding steroid dienone is 16. The van der Waals surface area contributed by atoms with Gasteiger partial charge in [-0.2, -0.15) is 0 Å². The number of ether oxygens (including phenoxy) is 3. The van der Waals surface area contributed by atoms with Gasteiger partial charge in [0.1, 0.15) is 13.2 Å². The minimum atomic E-state index is -0.812. The van der Waals surface area contributed by atoms with Crippen LogP contribution in [-0.4, -0.2) is 37.2 Å². The van der Waals surface area contributed by atoms with E-state index in [0.29, 0.717) is 19.3 Å². The minimum absolute atomic E-state index is 0.104. The summed E-state index contributed by atoms with van der Waals surface area (Å²) in [6.45, 7) is 6.33. The van der Waals surface area contributed by atoms with Gasteiger partial charge in [0, 0.05) is 19.3 Å². The van der Waals surface area contributed by atoms with Crippen molar-refractivity contribution in [1.82, 2.24) is 0 Å². The number of rotatable bonds is 49. The van der Waals surface area contributed by atoms with Crippen LogP contribution in [0.5, 0.6) is 0 Å². The molecule has 0 amide bonds. The maximum Gasteiger partial charge on any atom is 0.306 e. The molecule has 0 aliphatic heterocycles. The summed E-state index contributed by atoms with van der Waals surface area (Å²) in [6.07, 6.45) is 72.9. The van der Waals surface area contributed by atoms with E-state index in [1.807, 2.05) is 12.2 Å². The van der Waals surface area contributed by atoms with Crippen molar-refractivity contribution >= 4 is 17.9 Å². The van der Waals surface area contributed by atoms with Crippen LogP contribution in [0.15, 0.2) is 97.2 Å². The summed E-state index contributed by atoms with van der Waals surface area (Å²) in [5, 5.41) is 0. The van der Waals surface area contributed by atoms with Gasteiger partial charge in [-0.3, -0.25) is 14.4 Å². The van der Waals surface area contributed by atoms with E-state index in [0.717, 1.165) is 89.9 Å². The van der Waals surface area contributed by atoms with Crippen LogP contribution >= 0.6 is 0 Å². The first-order valence-corrected chi connectivity index (χ1v) is 27.7. The van der Waals surface area contributed by atoms with Crippen molar-refractivity contribution in [1.29, 1.82) is 0 Å². The van der Waals surface area contributed by atoms with Gasteiger partial charge in [-0.25, -0.2) is 0 Å². The van der Waals surface area contributed by atoms with E-state index in [1.54, 1.807) is 0 Å². The first-order valence-electron chi connectivity index (χ1n) is 27.7. The van der Waals surface area contributed by atoms with Gasteiger partial charge in [0.15, 0.2) is 6.10 Å². The molecule has 0 fully saturated rings. The van der Waals surface area contributed by atoms with Gasteiger partial charge in [0.25, 0.3) is 0 Å². The van der Waals surface area contributed by atoms with Gasteiger partial charge < -0.3 is 14.2 Å². The third kappa shape index (κ3) is 53.2. The number of carbonyl (C=O) groups excluding carboxylic acids is 3. The molecule has 6 nitrogen and oxygen atoms in total. The Morgan fingerprint density at radius 2 is 0.612 bits per heavy atom. The number of hydrogen-bond acceptors (Lipinski definition) is 6.